The Morgan fingerprint density at radius 3 is 2.25 bits per heavy atom. The van der Waals surface area contributed by atoms with Gasteiger partial charge in [0.2, 0.25) is 11.8 Å². The van der Waals surface area contributed by atoms with Crippen LogP contribution in [-0.4, -0.2) is 180 Å². The van der Waals surface area contributed by atoms with E-state index in [1.165, 1.54) is 13.8 Å². The minimum Gasteiger partial charge on any atom is -0.481 e. The number of phosphoric ester groups is 3. The summed E-state index contributed by atoms with van der Waals surface area (Å²) < 4.78 is 62.5. The number of ether oxygens (including phenoxy) is 1. The number of hydrogen-bond donors (Lipinski definition) is 12. The van der Waals surface area contributed by atoms with Crippen LogP contribution in [0.2, 0.25) is 0 Å². The highest BCUT2D eigenvalue weighted by Gasteiger charge is 2.50. The number of anilines is 1. The van der Waals surface area contributed by atoms with E-state index in [0.29, 0.717) is 33.7 Å². The van der Waals surface area contributed by atoms with Gasteiger partial charge in [0.25, 0.3) is 0 Å². The molecule has 3 aliphatic heterocycles. The molecular weight excluding hydrogens is 1110 g/mol. The summed E-state index contributed by atoms with van der Waals surface area (Å²) in [5, 5.41) is 54.6. The zero-order valence-electron chi connectivity index (χ0n) is 41.3. The molecule has 77 heavy (non-hydrogen) atoms. The van der Waals surface area contributed by atoms with Crippen LogP contribution in [-0.2, 0) is 65.1 Å². The van der Waals surface area contributed by atoms with E-state index in [-0.39, 0.29) is 98.9 Å². The molecule has 0 aromatic carbocycles. The van der Waals surface area contributed by atoms with Crippen LogP contribution in [0.5, 0.6) is 0 Å². The fourth-order valence-electron chi connectivity index (χ4n) is 8.13. The number of phosphoric acid groups is 3. The number of carbonyl (C=O) groups is 6. The Labute approximate surface area is 441 Å². The van der Waals surface area contributed by atoms with Gasteiger partial charge in [-0.1, -0.05) is 25.6 Å². The molecule has 3 aliphatic rings. The van der Waals surface area contributed by atoms with Crippen LogP contribution < -0.4 is 16.4 Å². The monoisotopic (exact) mass is 1170 g/mol. The highest BCUT2D eigenvalue weighted by molar-refractivity contribution is 8.13. The van der Waals surface area contributed by atoms with Gasteiger partial charge in [-0.3, -0.25) is 56.9 Å². The molecule has 2 amide bonds. The number of aliphatic hydroxyl groups is 2. The number of aliphatic hydroxyl groups excluding tert-OH is 2. The third kappa shape index (κ3) is 18.2. The number of rotatable bonds is 31. The van der Waals surface area contributed by atoms with E-state index < -0.39 is 109 Å². The van der Waals surface area contributed by atoms with Gasteiger partial charge in [0.1, 0.15) is 36.3 Å². The van der Waals surface area contributed by atoms with Gasteiger partial charge in [0, 0.05) is 61.4 Å². The predicted octanol–water partition coefficient (Wildman–Crippen LogP) is 0.540. The number of aliphatic imine (C=N–C) groups is 2. The molecule has 36 heteroatoms. The second-order valence-corrected chi connectivity index (χ2v) is 23.5. The summed E-state index contributed by atoms with van der Waals surface area (Å²) in [6.07, 6.45) is -7.93. The number of nitrogens with zero attached hydrogens (tertiary/aromatic N) is 6. The van der Waals surface area contributed by atoms with Gasteiger partial charge < -0.3 is 66.2 Å². The smallest absolute Gasteiger partial charge is 0.481 e. The van der Waals surface area contributed by atoms with Gasteiger partial charge in [0.05, 0.1) is 45.0 Å². The maximum absolute atomic E-state index is 12.8. The average molecular weight is 1170 g/mol. The number of thioether (sulfide) groups is 1. The molecule has 8 unspecified atom stereocenters. The Hall–Kier alpha value is -5.21. The molecule has 32 nitrogen and oxygen atoms in total. The highest BCUT2D eigenvalue weighted by atomic mass is 32.2. The lowest BCUT2D eigenvalue weighted by Crippen LogP contribution is -2.46. The number of carbonyl (C=O) groups excluding carboxylic acids is 3. The van der Waals surface area contributed by atoms with E-state index in [1.54, 1.807) is 6.92 Å². The lowest BCUT2D eigenvalue weighted by molar-refractivity contribution is -0.137. The molecule has 0 radical (unpaired) electrons. The van der Waals surface area contributed by atoms with Gasteiger partial charge in [-0.25, -0.2) is 28.6 Å². The molecule has 0 spiro atoms. The number of nitrogen functional groups attached to an aromatic ring is 1. The van der Waals surface area contributed by atoms with Crippen LogP contribution in [0.15, 0.2) is 44.9 Å². The van der Waals surface area contributed by atoms with Crippen LogP contribution in [0.1, 0.15) is 78.4 Å². The first-order valence-corrected chi connectivity index (χ1v) is 28.6. The van der Waals surface area contributed by atoms with Crippen molar-refractivity contribution in [2.24, 2.45) is 15.4 Å². The van der Waals surface area contributed by atoms with Gasteiger partial charge in [-0.2, -0.15) is 4.31 Å². The zero-order valence-corrected chi connectivity index (χ0v) is 44.8. The molecule has 1 saturated heterocycles. The molecule has 0 bridgehead atoms. The van der Waals surface area contributed by atoms with Crippen LogP contribution >= 0.6 is 35.2 Å². The van der Waals surface area contributed by atoms with E-state index in [1.807, 2.05) is 0 Å². The van der Waals surface area contributed by atoms with E-state index in [9.17, 15) is 87.6 Å². The molecular formula is C41H58N9O23P3S. The Kier molecular flexibility index (Phi) is 21.7. The number of aromatic nitrogens is 4. The summed E-state index contributed by atoms with van der Waals surface area (Å²) >= 11 is 0.913. The molecule has 2 aromatic heterocycles. The minimum absolute atomic E-state index is 0.00526. The number of imidazole rings is 1. The summed E-state index contributed by atoms with van der Waals surface area (Å²) in [6.45, 7) is 1.80. The number of carboxylic acid groups (broad SMARTS) is 3. The number of carboxylic acids is 3. The van der Waals surface area contributed by atoms with Gasteiger partial charge in [-0.15, -0.1) is 0 Å². The summed E-state index contributed by atoms with van der Waals surface area (Å²) in [5.41, 5.74) is 7.06. The Bertz CT molecular complexity index is 2870. The van der Waals surface area contributed by atoms with Crippen molar-refractivity contribution in [3.63, 3.8) is 0 Å². The van der Waals surface area contributed by atoms with Crippen LogP contribution in [0.4, 0.5) is 5.82 Å². The third-order valence-electron chi connectivity index (χ3n) is 11.9. The van der Waals surface area contributed by atoms with E-state index >= 15 is 0 Å². The topological polar surface area (TPSA) is 500 Å². The minimum atomic E-state index is -5.64. The summed E-state index contributed by atoms with van der Waals surface area (Å²) in [7, 11) is -16.6. The molecule has 13 N–H and O–H groups in total. The standard InChI is InChI=1S/C41H58N9O23P3S/c1-20-23(12-30(54)55)22(5-6-29(52)53)26(49-20)14-25-24(13-31(56)57)21(15-45-25)4-7-32(58)77-11-10-43-28(51)8-9-44-39(61)36(60)41(2,3)17-70-76(67,68)73-75(65,66)69-16-27-35(72-74(62,63)64)34(59)40(71-27)50-19-48-33-37(42)46-18-47-38(33)50/h18-19,26-27,34-36,40,59-60H,4-17H2,1-3H3,(H,43,51)(H,44,61)(H,52,53)(H,54,55)(H,56,57)(H,65,66)(H,67,68)(H2,42,46,47)(H2,62,63,64). The van der Waals surface area contributed by atoms with Crippen molar-refractivity contribution < 1.29 is 110 Å². The zero-order chi connectivity index (χ0) is 57.2. The fourth-order valence-corrected chi connectivity index (χ4v) is 11.6. The summed E-state index contributed by atoms with van der Waals surface area (Å²) in [6, 6.07) is -0.628. The van der Waals surface area contributed by atoms with Crippen molar-refractivity contribution in [3.05, 3.63) is 34.9 Å². The number of aliphatic carboxylic acids is 3. The van der Waals surface area contributed by atoms with Gasteiger partial charge in [-0.05, 0) is 42.1 Å². The molecule has 5 rings (SSSR count). The number of fused-ring (bicyclic) bond motifs is 1. The van der Waals surface area contributed by atoms with Crippen molar-refractivity contribution in [2.75, 3.05) is 44.3 Å². The van der Waals surface area contributed by atoms with Crippen LogP contribution in [0.25, 0.3) is 11.2 Å². The largest absolute Gasteiger partial charge is 0.481 e. The van der Waals surface area contributed by atoms with Crippen molar-refractivity contribution in [3.8, 4) is 0 Å². The maximum atomic E-state index is 12.8. The van der Waals surface area contributed by atoms with Crippen molar-refractivity contribution in [1.82, 2.24) is 30.2 Å². The summed E-state index contributed by atoms with van der Waals surface area (Å²) in [5.74, 6) is -4.84. The first-order chi connectivity index (χ1) is 35.9. The second-order valence-electron chi connectivity index (χ2n) is 18.1. The van der Waals surface area contributed by atoms with Gasteiger partial charge in [0.15, 0.2) is 22.8 Å². The highest BCUT2D eigenvalue weighted by Crippen LogP contribution is 2.61. The Balaban J connectivity index is 1.01. The maximum Gasteiger partial charge on any atom is 0.481 e. The molecule has 0 saturated carbocycles. The van der Waals surface area contributed by atoms with Crippen molar-refractivity contribution >= 4 is 98.5 Å². The van der Waals surface area contributed by atoms with E-state index in [4.69, 9.17) is 19.5 Å². The third-order valence-corrected chi connectivity index (χ3v) is 15.9. The first kappa shape index (κ1) is 62.6. The second kappa shape index (κ2) is 26.6. The molecule has 5 heterocycles. The normalized spacial score (nSPS) is 21.9. The predicted molar refractivity (Wildman–Crippen MR) is 266 cm³/mol. The molecule has 2 aromatic rings. The quantitative estimate of drug-likeness (QED) is 0.0362. The lowest BCUT2D eigenvalue weighted by Gasteiger charge is -2.30. The average Bonchev–Trinajstić information content (AvgIpc) is 4.07. The molecule has 0 aliphatic carbocycles. The van der Waals surface area contributed by atoms with E-state index in [0.717, 1.165) is 29.0 Å². The molecule has 1 fully saturated rings. The Morgan fingerprint density at radius 2 is 1.58 bits per heavy atom. The SMILES string of the molecule is CC1=NC(CC2=NCC(CCC(=O)SCCNC(=O)CCNC(=O)C(O)C(C)(C)COP(=O)(O)OP(=O)(O)OCC3OC(n4cnc5c(N)ncnc54)C(O)C3OP(=O)(O)O)=C2CC(=O)O)C(CCC(=O)O)=C1CC(=O)O. The molecule has 426 valence electrons. The first-order valence-electron chi connectivity index (χ1n) is 23.1. The Morgan fingerprint density at radius 1 is 0.909 bits per heavy atom. The number of nitrogens with one attached hydrogen (secondary N) is 2. The fraction of sp³-hybridized carbons (Fsp3) is 0.585. The van der Waals surface area contributed by atoms with Crippen molar-refractivity contribution in [2.45, 2.75) is 109 Å². The molecule has 8 atom stereocenters. The van der Waals surface area contributed by atoms with Crippen LogP contribution in [0.3, 0.4) is 0 Å². The lowest BCUT2D eigenvalue weighted by atomic mass is 9.87. The number of hydrogen-bond acceptors (Lipinski definition) is 23. The number of amides is 2. The van der Waals surface area contributed by atoms with Crippen LogP contribution in [0, 0.1) is 5.41 Å². The summed E-state index contributed by atoms with van der Waals surface area (Å²) in [4.78, 5) is 133. The van der Waals surface area contributed by atoms with Crippen molar-refractivity contribution in [1.29, 1.82) is 0 Å². The van der Waals surface area contributed by atoms with E-state index in [2.05, 4.69) is 44.4 Å². The number of nitrogens with two attached hydrogens (primary N) is 1. The van der Waals surface area contributed by atoms with Gasteiger partial charge >= 0.3 is 41.4 Å².